The number of ether oxygens (including phenoxy) is 2. The van der Waals surface area contributed by atoms with Crippen molar-refractivity contribution in [1.82, 2.24) is 9.55 Å². The van der Waals surface area contributed by atoms with Crippen LogP contribution in [0.3, 0.4) is 0 Å². The van der Waals surface area contributed by atoms with E-state index in [1.807, 2.05) is 58.0 Å². The fraction of sp³-hybridized carbons (Fsp3) is 0.132. The van der Waals surface area contributed by atoms with Gasteiger partial charge < -0.3 is 23.8 Å². The average molecular weight is 1270 g/mol. The van der Waals surface area contributed by atoms with Gasteiger partial charge in [-0.25, -0.2) is 4.98 Å². The standard InChI is InChI=1S/C76H63N4O2.Pt/c1-50(2)55-42-56(51(3)4)44-57(43-55)66-33-21-32-65(54-26-15-10-16-27-54)75(66)82-62-40-41-77-73(48-62)80-69-39-36-58(76(5,6)7)45-68(69)67-38-37-61(47-72(67)80)81-60-29-19-28-59(46-60)78-49-79(71-35-18-17-34-70(71)78)74-63(52-22-11-8-12-23-52)30-20-31-64(74)53-24-13-9-14-25-53;/h8-45,48-51H,1-7H3;/q-3;/i8D,9D,10D,11D,12D,13D,14D,15D,16D,22D,23D,24D,25D,26D,27D;. The third-order valence-corrected chi connectivity index (χ3v) is 14.8. The van der Waals surface area contributed by atoms with Gasteiger partial charge >= 0.3 is 0 Å². The maximum absolute atomic E-state index is 9.15. The number of nitrogens with zero attached hydrogens (tertiary/aromatic N) is 4. The Hall–Kier alpha value is -8.96. The van der Waals surface area contributed by atoms with Crippen molar-refractivity contribution in [3.8, 4) is 73.3 Å². The number of anilines is 4. The van der Waals surface area contributed by atoms with Crippen LogP contribution in [-0.4, -0.2) is 9.55 Å². The van der Waals surface area contributed by atoms with Crippen LogP contribution in [0.1, 0.15) is 97.6 Å². The Bertz CT molecular complexity index is 5060. The minimum absolute atomic E-state index is 0. The summed E-state index contributed by atoms with van der Waals surface area (Å²) in [4.78, 5) is 8.50. The number of hydrogen-bond donors (Lipinski definition) is 0. The Morgan fingerprint density at radius 2 is 1.08 bits per heavy atom. The van der Waals surface area contributed by atoms with E-state index < -0.39 is 78.6 Å². The van der Waals surface area contributed by atoms with Crippen LogP contribution in [0.25, 0.3) is 72.1 Å². The third-order valence-electron chi connectivity index (χ3n) is 14.8. The van der Waals surface area contributed by atoms with Gasteiger partial charge in [0.2, 0.25) is 0 Å². The molecule has 0 saturated carbocycles. The second kappa shape index (κ2) is 22.8. The van der Waals surface area contributed by atoms with E-state index in [1.54, 1.807) is 72.4 Å². The zero-order valence-corrected chi connectivity index (χ0v) is 48.8. The molecule has 83 heavy (non-hydrogen) atoms. The first-order valence-electron chi connectivity index (χ1n) is 34.7. The van der Waals surface area contributed by atoms with E-state index in [2.05, 4.69) is 97.0 Å². The van der Waals surface area contributed by atoms with E-state index in [1.165, 1.54) is 0 Å². The van der Waals surface area contributed by atoms with Crippen molar-refractivity contribution in [2.45, 2.75) is 65.7 Å². The van der Waals surface area contributed by atoms with Gasteiger partial charge in [0.1, 0.15) is 17.3 Å². The molecule has 0 aliphatic carbocycles. The molecule has 7 heteroatoms. The molecular formula is C76H63N4O2Pt-3. The van der Waals surface area contributed by atoms with E-state index >= 15 is 0 Å². The number of para-hydroxylation sites is 4. The molecule has 0 atom stereocenters. The van der Waals surface area contributed by atoms with Crippen molar-refractivity contribution in [2.75, 3.05) is 9.80 Å². The molecule has 6 nitrogen and oxygen atoms in total. The van der Waals surface area contributed by atoms with Gasteiger partial charge in [-0.15, -0.1) is 48.1 Å². The summed E-state index contributed by atoms with van der Waals surface area (Å²) in [5, 5.41) is 1.76. The zero-order valence-electron chi connectivity index (χ0n) is 61.5. The van der Waals surface area contributed by atoms with Crippen molar-refractivity contribution in [3.05, 3.63) is 272 Å². The van der Waals surface area contributed by atoms with Crippen molar-refractivity contribution in [1.29, 1.82) is 0 Å². The maximum atomic E-state index is 9.15. The normalized spacial score (nSPS) is 14.8. The molecule has 0 amide bonds. The molecule has 0 spiro atoms. The topological polar surface area (TPSA) is 42.8 Å². The Labute approximate surface area is 523 Å². The number of rotatable bonds is 13. The van der Waals surface area contributed by atoms with E-state index in [-0.39, 0.29) is 95.4 Å². The third kappa shape index (κ3) is 10.6. The Kier molecular flexibility index (Phi) is 10.8. The SMILES string of the molecule is [2H]c1c([2H])c([2H])c(-c2cccc(-c3cc(C(C)C)cc(C(C)C)c3)c2Oc2ccnc(-n3c4[c-]c(Oc5[c-]c(N6[CH-]N(c7c(-c8c([2H])c([2H])c([2H])c([2H])c8[2H])cccc7-c7c([2H])c([2H])c([2H])c([2H])c7[2H])c7ccccc76)ccc5)ccc4c4cc(C(C)(C)C)ccc43)c2)c([2H])c1[2H].[Pt]. The molecule has 1 aliphatic rings. The zero-order chi connectivity index (χ0) is 69.1. The van der Waals surface area contributed by atoms with Crippen LogP contribution in [0.5, 0.6) is 23.0 Å². The Morgan fingerprint density at radius 3 is 1.70 bits per heavy atom. The predicted octanol–water partition coefficient (Wildman–Crippen LogP) is 21.0. The minimum atomic E-state index is -0.594. The van der Waals surface area contributed by atoms with E-state index in [9.17, 15) is 0 Å². The molecule has 0 fully saturated rings. The van der Waals surface area contributed by atoms with Gasteiger partial charge in [0.15, 0.2) is 0 Å². The molecule has 10 aromatic carbocycles. The largest absolute Gasteiger partial charge is 0.509 e. The fourth-order valence-corrected chi connectivity index (χ4v) is 10.6. The van der Waals surface area contributed by atoms with E-state index in [4.69, 9.17) is 35.0 Å². The van der Waals surface area contributed by atoms with Gasteiger partial charge in [0.05, 0.1) is 20.6 Å². The molecular weight excluding hydrogens is 1200 g/mol. The summed E-state index contributed by atoms with van der Waals surface area (Å²) in [6.07, 6.45) is 1.63. The molecule has 0 radical (unpaired) electrons. The summed E-state index contributed by atoms with van der Waals surface area (Å²) in [6, 6.07) is 42.3. The van der Waals surface area contributed by atoms with Crippen LogP contribution in [0, 0.1) is 18.8 Å². The van der Waals surface area contributed by atoms with Crippen LogP contribution < -0.4 is 19.3 Å². The fourth-order valence-electron chi connectivity index (χ4n) is 10.6. The monoisotopic (exact) mass is 1270 g/mol. The first-order chi connectivity index (χ1) is 46.1. The van der Waals surface area contributed by atoms with Gasteiger partial charge in [-0.1, -0.05) is 223 Å². The van der Waals surface area contributed by atoms with Gasteiger partial charge in [-0.05, 0) is 85.8 Å². The molecule has 3 heterocycles. The molecule has 0 bridgehead atoms. The minimum Gasteiger partial charge on any atom is -0.509 e. The maximum Gasteiger partial charge on any atom is 0.143 e. The summed E-state index contributed by atoms with van der Waals surface area (Å²) >= 11 is 0. The van der Waals surface area contributed by atoms with Gasteiger partial charge in [0, 0.05) is 89.7 Å². The number of benzene rings is 10. The van der Waals surface area contributed by atoms with Crippen molar-refractivity contribution >= 4 is 44.6 Å². The van der Waals surface area contributed by atoms with Crippen LogP contribution >= 0.6 is 0 Å². The van der Waals surface area contributed by atoms with Gasteiger partial charge in [-0.3, -0.25) is 0 Å². The molecule has 2 aromatic heterocycles. The van der Waals surface area contributed by atoms with Gasteiger partial charge in [-0.2, -0.15) is 12.1 Å². The number of aromatic nitrogens is 2. The predicted molar refractivity (Wildman–Crippen MR) is 339 cm³/mol. The summed E-state index contributed by atoms with van der Waals surface area (Å²) < 4.78 is 148. The molecule has 12 aromatic rings. The average Bonchev–Trinajstić information content (AvgIpc) is 1.45. The second-order valence-corrected chi connectivity index (χ2v) is 21.8. The molecule has 412 valence electrons. The Balaban J connectivity index is 0.00000914. The van der Waals surface area contributed by atoms with Crippen LogP contribution in [-0.2, 0) is 26.5 Å². The summed E-state index contributed by atoms with van der Waals surface area (Å²) in [6.45, 7) is 16.7. The van der Waals surface area contributed by atoms with Crippen LogP contribution in [0.15, 0.2) is 236 Å². The van der Waals surface area contributed by atoms with Gasteiger partial charge in [0.25, 0.3) is 0 Å². The first-order valence-corrected chi connectivity index (χ1v) is 27.2. The van der Waals surface area contributed by atoms with Crippen molar-refractivity contribution in [2.24, 2.45) is 0 Å². The Morgan fingerprint density at radius 1 is 0.518 bits per heavy atom. The summed E-state index contributed by atoms with van der Waals surface area (Å²) in [7, 11) is 0. The summed E-state index contributed by atoms with van der Waals surface area (Å²) in [5.41, 5.74) is 8.04. The van der Waals surface area contributed by atoms with E-state index in [0.717, 1.165) is 38.5 Å². The first kappa shape index (κ1) is 39.5. The second-order valence-electron chi connectivity index (χ2n) is 21.8. The number of pyridine rings is 1. The van der Waals surface area contributed by atoms with Crippen molar-refractivity contribution in [3.63, 3.8) is 0 Å². The van der Waals surface area contributed by atoms with Crippen LogP contribution in [0.4, 0.5) is 22.7 Å². The molecule has 13 rings (SSSR count). The number of hydrogen-bond acceptors (Lipinski definition) is 5. The smallest absolute Gasteiger partial charge is 0.143 e. The summed E-state index contributed by atoms with van der Waals surface area (Å²) in [5.74, 6) is 2.03. The molecule has 1 aliphatic heterocycles. The van der Waals surface area contributed by atoms with E-state index in [0.29, 0.717) is 51.0 Å². The van der Waals surface area contributed by atoms with Crippen LogP contribution in [0.2, 0.25) is 0 Å². The molecule has 0 N–H and O–H groups in total. The number of fused-ring (bicyclic) bond motifs is 4. The quantitative estimate of drug-likeness (QED) is 0.108. The molecule has 0 saturated heterocycles. The molecule has 0 unspecified atom stereocenters. The van der Waals surface area contributed by atoms with Crippen molar-refractivity contribution < 1.29 is 51.1 Å².